The van der Waals surface area contributed by atoms with Crippen LogP contribution in [-0.4, -0.2) is 24.9 Å². The van der Waals surface area contributed by atoms with Gasteiger partial charge in [0.25, 0.3) is 5.91 Å². The Bertz CT molecular complexity index is 833. The number of halogens is 2. The van der Waals surface area contributed by atoms with Gasteiger partial charge in [-0.3, -0.25) is 9.59 Å². The van der Waals surface area contributed by atoms with Gasteiger partial charge in [0.2, 0.25) is 5.91 Å². The Hall–Kier alpha value is -3.04. The summed E-state index contributed by atoms with van der Waals surface area (Å²) in [6, 6.07) is 10.4. The normalized spacial score (nSPS) is 9.80. The molecular weight excluding hydrogens is 345 g/mol. The van der Waals surface area contributed by atoms with Crippen molar-refractivity contribution >= 4 is 34.8 Å². The molecule has 7 heteroatoms. The first-order valence-corrected chi connectivity index (χ1v) is 7.68. The summed E-state index contributed by atoms with van der Waals surface area (Å²) >= 11 is 5.86. The fourth-order valence-corrected chi connectivity index (χ4v) is 2.24. The van der Waals surface area contributed by atoms with E-state index in [9.17, 15) is 14.0 Å². The minimum atomic E-state index is -0.493. The summed E-state index contributed by atoms with van der Waals surface area (Å²) in [5, 5.41) is 8.10. The Morgan fingerprint density at radius 2 is 1.92 bits per heavy atom. The number of carbonyl (C=O) groups excluding carboxylic acids is 2. The number of terminal acetylenes is 1. The van der Waals surface area contributed by atoms with E-state index in [0.717, 1.165) is 6.07 Å². The summed E-state index contributed by atoms with van der Waals surface area (Å²) in [6.45, 7) is 0.00383. The zero-order valence-electron chi connectivity index (χ0n) is 13.1. The summed E-state index contributed by atoms with van der Waals surface area (Å²) in [5.74, 6) is 1.09. The average molecular weight is 360 g/mol. The Balaban J connectivity index is 2.00. The summed E-state index contributed by atoms with van der Waals surface area (Å²) < 4.78 is 13.0. The molecule has 3 N–H and O–H groups in total. The van der Waals surface area contributed by atoms with Crippen LogP contribution in [0.25, 0.3) is 0 Å². The van der Waals surface area contributed by atoms with Crippen molar-refractivity contribution in [2.75, 3.05) is 23.7 Å². The van der Waals surface area contributed by atoms with Crippen molar-refractivity contribution in [2.45, 2.75) is 0 Å². The molecule has 0 bridgehead atoms. The number of anilines is 2. The van der Waals surface area contributed by atoms with Gasteiger partial charge < -0.3 is 16.0 Å². The van der Waals surface area contributed by atoms with Gasteiger partial charge in [0.1, 0.15) is 5.82 Å². The molecule has 0 saturated carbocycles. The lowest BCUT2D eigenvalue weighted by molar-refractivity contribution is -0.114. The molecule has 0 fully saturated rings. The number of rotatable bonds is 6. The van der Waals surface area contributed by atoms with Crippen molar-refractivity contribution in [3.8, 4) is 12.3 Å². The van der Waals surface area contributed by atoms with Crippen molar-refractivity contribution in [2.24, 2.45) is 0 Å². The largest absolute Gasteiger partial charge is 0.376 e. The van der Waals surface area contributed by atoms with Crippen LogP contribution in [0, 0.1) is 18.2 Å². The summed E-state index contributed by atoms with van der Waals surface area (Å²) in [5.41, 5.74) is 1.15. The first-order valence-electron chi connectivity index (χ1n) is 7.30. The van der Waals surface area contributed by atoms with Crippen LogP contribution in [0.1, 0.15) is 10.4 Å². The van der Waals surface area contributed by atoms with Gasteiger partial charge in [-0.05, 0) is 30.3 Å². The molecule has 0 aliphatic rings. The van der Waals surface area contributed by atoms with Crippen molar-refractivity contribution < 1.29 is 14.0 Å². The SMILES string of the molecule is C#CCNC(=O)c1ccccc1NCC(=O)Nc1ccc(F)cc1Cl. The lowest BCUT2D eigenvalue weighted by Gasteiger charge is -2.12. The zero-order chi connectivity index (χ0) is 18.2. The van der Waals surface area contributed by atoms with Gasteiger partial charge in [0.05, 0.1) is 29.4 Å². The molecule has 25 heavy (non-hydrogen) atoms. The average Bonchev–Trinajstić information content (AvgIpc) is 2.60. The molecule has 0 radical (unpaired) electrons. The van der Waals surface area contributed by atoms with Crippen LogP contribution in [0.5, 0.6) is 0 Å². The van der Waals surface area contributed by atoms with Crippen molar-refractivity contribution in [1.82, 2.24) is 5.32 Å². The van der Waals surface area contributed by atoms with Crippen LogP contribution >= 0.6 is 11.6 Å². The molecule has 0 atom stereocenters. The first-order chi connectivity index (χ1) is 12.0. The molecule has 0 saturated heterocycles. The van der Waals surface area contributed by atoms with Gasteiger partial charge in [-0.15, -0.1) is 6.42 Å². The van der Waals surface area contributed by atoms with E-state index in [-0.39, 0.29) is 24.0 Å². The molecule has 0 spiro atoms. The summed E-state index contributed by atoms with van der Waals surface area (Å²) in [7, 11) is 0. The molecule has 2 rings (SSSR count). The van der Waals surface area contributed by atoms with E-state index in [1.54, 1.807) is 24.3 Å². The molecule has 5 nitrogen and oxygen atoms in total. The van der Waals surface area contributed by atoms with Gasteiger partial charge in [-0.2, -0.15) is 0 Å². The third kappa shape index (κ3) is 5.23. The lowest BCUT2D eigenvalue weighted by atomic mass is 10.1. The molecule has 0 aromatic heterocycles. The topological polar surface area (TPSA) is 70.2 Å². The number of hydrogen-bond donors (Lipinski definition) is 3. The van der Waals surface area contributed by atoms with E-state index in [1.165, 1.54) is 12.1 Å². The summed E-state index contributed by atoms with van der Waals surface area (Å²) in [4.78, 5) is 24.1. The Morgan fingerprint density at radius 1 is 1.16 bits per heavy atom. The van der Waals surface area contributed by atoms with E-state index >= 15 is 0 Å². The van der Waals surface area contributed by atoms with Gasteiger partial charge in [-0.25, -0.2) is 4.39 Å². The van der Waals surface area contributed by atoms with Gasteiger partial charge in [0, 0.05) is 5.69 Å². The highest BCUT2D eigenvalue weighted by molar-refractivity contribution is 6.33. The fourth-order valence-electron chi connectivity index (χ4n) is 2.02. The number of carbonyl (C=O) groups is 2. The van der Waals surface area contributed by atoms with Gasteiger partial charge >= 0.3 is 0 Å². The highest BCUT2D eigenvalue weighted by Crippen LogP contribution is 2.22. The van der Waals surface area contributed by atoms with Crippen LogP contribution in [-0.2, 0) is 4.79 Å². The molecule has 0 unspecified atom stereocenters. The number of hydrogen-bond acceptors (Lipinski definition) is 3. The second-order valence-electron chi connectivity index (χ2n) is 4.96. The maximum absolute atomic E-state index is 13.0. The first kappa shape index (κ1) is 18.3. The molecule has 0 heterocycles. The highest BCUT2D eigenvalue weighted by atomic mass is 35.5. The third-order valence-corrected chi connectivity index (χ3v) is 3.48. The monoisotopic (exact) mass is 359 g/mol. The standard InChI is InChI=1S/C18H15ClFN3O2/c1-2-9-21-18(25)13-5-3-4-6-15(13)22-11-17(24)23-16-8-7-12(20)10-14(16)19/h1,3-8,10,22H,9,11H2,(H,21,25)(H,23,24). The Kier molecular flexibility index (Phi) is 6.38. The van der Waals surface area contributed by atoms with E-state index in [4.69, 9.17) is 18.0 Å². The number of amides is 2. The van der Waals surface area contributed by atoms with Gasteiger partial charge in [-0.1, -0.05) is 29.7 Å². The predicted molar refractivity (Wildman–Crippen MR) is 96.1 cm³/mol. The smallest absolute Gasteiger partial charge is 0.254 e. The fraction of sp³-hybridized carbons (Fsp3) is 0.111. The second-order valence-corrected chi connectivity index (χ2v) is 5.37. The maximum Gasteiger partial charge on any atom is 0.254 e. The minimum absolute atomic E-state index is 0.0995. The third-order valence-electron chi connectivity index (χ3n) is 3.17. The molecule has 0 aliphatic heterocycles. The number of benzene rings is 2. The predicted octanol–water partition coefficient (Wildman–Crippen LogP) is 2.89. The zero-order valence-corrected chi connectivity index (χ0v) is 13.9. The minimum Gasteiger partial charge on any atom is -0.376 e. The van der Waals surface area contributed by atoms with Crippen LogP contribution in [0.2, 0.25) is 5.02 Å². The van der Waals surface area contributed by atoms with E-state index in [2.05, 4.69) is 21.9 Å². The lowest BCUT2D eigenvalue weighted by Crippen LogP contribution is -2.26. The second kappa shape index (κ2) is 8.71. The molecule has 2 aromatic carbocycles. The van der Waals surface area contributed by atoms with Crippen LogP contribution in [0.3, 0.4) is 0 Å². The summed E-state index contributed by atoms with van der Waals surface area (Å²) in [6.07, 6.45) is 5.12. The van der Waals surface area contributed by atoms with Crippen molar-refractivity contribution in [3.63, 3.8) is 0 Å². The van der Waals surface area contributed by atoms with Crippen molar-refractivity contribution in [3.05, 3.63) is 58.9 Å². The highest BCUT2D eigenvalue weighted by Gasteiger charge is 2.12. The van der Waals surface area contributed by atoms with Crippen LogP contribution in [0.15, 0.2) is 42.5 Å². The van der Waals surface area contributed by atoms with Gasteiger partial charge in [0.15, 0.2) is 0 Å². The Labute approximate surface area is 149 Å². The Morgan fingerprint density at radius 3 is 2.64 bits per heavy atom. The molecule has 2 amide bonds. The molecule has 128 valence electrons. The van der Waals surface area contributed by atoms with Crippen LogP contribution in [0.4, 0.5) is 15.8 Å². The molecular formula is C18H15ClFN3O2. The van der Waals surface area contributed by atoms with E-state index in [1.807, 2.05) is 0 Å². The van der Waals surface area contributed by atoms with E-state index in [0.29, 0.717) is 16.9 Å². The van der Waals surface area contributed by atoms with E-state index < -0.39 is 11.7 Å². The van der Waals surface area contributed by atoms with Crippen molar-refractivity contribution in [1.29, 1.82) is 0 Å². The van der Waals surface area contributed by atoms with Crippen LogP contribution < -0.4 is 16.0 Å². The molecule has 0 aliphatic carbocycles. The molecule has 2 aromatic rings. The number of para-hydroxylation sites is 1. The number of nitrogens with one attached hydrogen (secondary N) is 3. The maximum atomic E-state index is 13.0. The quantitative estimate of drug-likeness (QED) is 0.694.